The van der Waals surface area contributed by atoms with Crippen LogP contribution in [0.2, 0.25) is 0 Å². The van der Waals surface area contributed by atoms with Gasteiger partial charge in [-0.15, -0.1) is 0 Å². The second-order valence-corrected chi connectivity index (χ2v) is 8.47. The molecule has 0 amide bonds. The Morgan fingerprint density at radius 3 is 2.48 bits per heavy atom. The van der Waals surface area contributed by atoms with E-state index in [1.165, 1.54) is 12.1 Å². The molecule has 0 unspecified atom stereocenters. The van der Waals surface area contributed by atoms with E-state index in [1.54, 1.807) is 16.8 Å². The summed E-state index contributed by atoms with van der Waals surface area (Å²) in [5.74, 6) is -0.563. The third kappa shape index (κ3) is 4.05. The number of unbranched alkanes of at least 4 members (excludes halogenated alkanes) is 2. The average Bonchev–Trinajstić information content (AvgIpc) is 2.63. The van der Waals surface area contributed by atoms with E-state index in [-0.39, 0.29) is 21.8 Å². The average molecular weight is 389 g/mol. The quantitative estimate of drug-likeness (QED) is 0.605. The van der Waals surface area contributed by atoms with E-state index >= 15 is 0 Å². The standard InChI is InChI=1S/C19H20FN3O3S/c1-3-4-5-7-23-8-6-13-9-16(17(20)10-15(13)19(23)24)18-21-11-14(12-22-18)27(2,25)26/h6,8-12H,3-5,7H2,1-2H3. The number of rotatable bonds is 6. The fourth-order valence-corrected chi connectivity index (χ4v) is 3.32. The molecule has 0 bridgehead atoms. The lowest BCUT2D eigenvalue weighted by atomic mass is 10.1. The summed E-state index contributed by atoms with van der Waals surface area (Å²) in [6, 6.07) is 4.46. The fourth-order valence-electron chi connectivity index (χ4n) is 2.83. The number of nitrogens with zero attached hydrogens (tertiary/aromatic N) is 3. The molecule has 27 heavy (non-hydrogen) atoms. The molecule has 2 aromatic heterocycles. The fraction of sp³-hybridized carbons (Fsp3) is 0.316. The lowest BCUT2D eigenvalue weighted by Crippen LogP contribution is -2.19. The highest BCUT2D eigenvalue weighted by Gasteiger charge is 2.14. The van der Waals surface area contributed by atoms with Crippen LogP contribution in [0.3, 0.4) is 0 Å². The van der Waals surface area contributed by atoms with Gasteiger partial charge in [-0.1, -0.05) is 19.8 Å². The van der Waals surface area contributed by atoms with Gasteiger partial charge in [0.25, 0.3) is 5.56 Å². The zero-order valence-corrected chi connectivity index (χ0v) is 16.0. The predicted octanol–water partition coefficient (Wildman–Crippen LogP) is 3.19. The van der Waals surface area contributed by atoms with Crippen molar-refractivity contribution in [2.45, 2.75) is 37.6 Å². The molecular formula is C19H20FN3O3S. The van der Waals surface area contributed by atoms with Crippen molar-refractivity contribution in [3.05, 3.63) is 53.0 Å². The second kappa shape index (κ2) is 7.56. The number of benzene rings is 1. The number of aromatic nitrogens is 3. The predicted molar refractivity (Wildman–Crippen MR) is 102 cm³/mol. The molecule has 0 radical (unpaired) electrons. The summed E-state index contributed by atoms with van der Waals surface area (Å²) >= 11 is 0. The highest BCUT2D eigenvalue weighted by Crippen LogP contribution is 2.24. The van der Waals surface area contributed by atoms with Crippen molar-refractivity contribution in [2.75, 3.05) is 6.26 Å². The molecule has 2 heterocycles. The van der Waals surface area contributed by atoms with Crippen LogP contribution in [0.1, 0.15) is 26.2 Å². The van der Waals surface area contributed by atoms with Crippen molar-refractivity contribution >= 4 is 20.6 Å². The summed E-state index contributed by atoms with van der Waals surface area (Å²) < 4.78 is 39.2. The first kappa shape index (κ1) is 19.2. The Kier molecular flexibility index (Phi) is 5.36. The van der Waals surface area contributed by atoms with Gasteiger partial charge in [-0.05, 0) is 30.0 Å². The molecule has 8 heteroatoms. The lowest BCUT2D eigenvalue weighted by Gasteiger charge is -2.09. The van der Waals surface area contributed by atoms with Gasteiger partial charge < -0.3 is 4.57 Å². The SMILES string of the molecule is CCCCCn1ccc2cc(-c3ncc(S(C)(=O)=O)cn3)c(F)cc2c1=O. The highest BCUT2D eigenvalue weighted by atomic mass is 32.2. The third-order valence-electron chi connectivity index (χ3n) is 4.36. The molecular weight excluding hydrogens is 369 g/mol. The minimum Gasteiger partial charge on any atom is -0.315 e. The minimum absolute atomic E-state index is 0.0394. The summed E-state index contributed by atoms with van der Waals surface area (Å²) in [5.41, 5.74) is -0.118. The normalized spacial score (nSPS) is 11.8. The molecule has 0 saturated carbocycles. The van der Waals surface area contributed by atoms with E-state index in [2.05, 4.69) is 16.9 Å². The molecule has 0 saturated heterocycles. The zero-order chi connectivity index (χ0) is 19.6. The number of sulfone groups is 1. The second-order valence-electron chi connectivity index (χ2n) is 6.46. The number of pyridine rings is 1. The monoisotopic (exact) mass is 389 g/mol. The smallest absolute Gasteiger partial charge is 0.258 e. The van der Waals surface area contributed by atoms with Crippen LogP contribution in [0, 0.1) is 5.82 Å². The Balaban J connectivity index is 2.02. The molecule has 1 aromatic carbocycles. The van der Waals surface area contributed by atoms with Gasteiger partial charge in [-0.25, -0.2) is 22.8 Å². The number of hydrogen-bond donors (Lipinski definition) is 0. The van der Waals surface area contributed by atoms with Gasteiger partial charge in [-0.2, -0.15) is 0 Å². The van der Waals surface area contributed by atoms with Gasteiger partial charge in [0, 0.05) is 31.4 Å². The van der Waals surface area contributed by atoms with Crippen LogP contribution in [0.25, 0.3) is 22.2 Å². The lowest BCUT2D eigenvalue weighted by molar-refractivity contribution is 0.590. The van der Waals surface area contributed by atoms with Crippen molar-refractivity contribution < 1.29 is 12.8 Å². The first-order valence-electron chi connectivity index (χ1n) is 8.66. The van der Waals surface area contributed by atoms with Crippen LogP contribution in [-0.2, 0) is 16.4 Å². The van der Waals surface area contributed by atoms with Crippen molar-refractivity contribution in [1.82, 2.24) is 14.5 Å². The minimum atomic E-state index is -3.43. The summed E-state index contributed by atoms with van der Waals surface area (Å²) in [6.07, 6.45) is 8.02. The largest absolute Gasteiger partial charge is 0.315 e. The topological polar surface area (TPSA) is 81.9 Å². The summed E-state index contributed by atoms with van der Waals surface area (Å²) in [7, 11) is -3.43. The highest BCUT2D eigenvalue weighted by molar-refractivity contribution is 7.90. The number of hydrogen-bond acceptors (Lipinski definition) is 5. The molecule has 6 nitrogen and oxygen atoms in total. The maximum Gasteiger partial charge on any atom is 0.258 e. The Morgan fingerprint density at radius 2 is 1.85 bits per heavy atom. The molecule has 3 aromatic rings. The Labute approximate surface area is 156 Å². The molecule has 3 rings (SSSR count). The van der Waals surface area contributed by atoms with E-state index in [0.29, 0.717) is 17.3 Å². The molecule has 0 aliphatic rings. The first-order chi connectivity index (χ1) is 12.8. The number of aryl methyl sites for hydroxylation is 1. The maximum absolute atomic E-state index is 14.6. The molecule has 0 fully saturated rings. The first-order valence-corrected chi connectivity index (χ1v) is 10.6. The van der Waals surface area contributed by atoms with Crippen molar-refractivity contribution in [2.24, 2.45) is 0 Å². The summed E-state index contributed by atoms with van der Waals surface area (Å²) in [6.45, 7) is 2.69. The third-order valence-corrected chi connectivity index (χ3v) is 5.43. The van der Waals surface area contributed by atoms with E-state index in [0.717, 1.165) is 37.9 Å². The van der Waals surface area contributed by atoms with Crippen LogP contribution >= 0.6 is 0 Å². The Morgan fingerprint density at radius 1 is 1.15 bits per heavy atom. The van der Waals surface area contributed by atoms with E-state index < -0.39 is 15.7 Å². The maximum atomic E-state index is 14.6. The zero-order valence-electron chi connectivity index (χ0n) is 15.1. The van der Waals surface area contributed by atoms with Crippen LogP contribution in [0.4, 0.5) is 4.39 Å². The number of fused-ring (bicyclic) bond motifs is 1. The van der Waals surface area contributed by atoms with Gasteiger partial charge >= 0.3 is 0 Å². The number of halogens is 1. The van der Waals surface area contributed by atoms with Gasteiger partial charge in [0.2, 0.25) is 0 Å². The van der Waals surface area contributed by atoms with Crippen LogP contribution in [0.15, 0.2) is 46.5 Å². The summed E-state index contributed by atoms with van der Waals surface area (Å²) in [5, 5.41) is 0.877. The molecule has 0 aliphatic carbocycles. The van der Waals surface area contributed by atoms with Crippen LogP contribution in [-0.4, -0.2) is 29.2 Å². The van der Waals surface area contributed by atoms with E-state index in [1.807, 2.05) is 0 Å². The van der Waals surface area contributed by atoms with Crippen molar-refractivity contribution in [3.63, 3.8) is 0 Å². The van der Waals surface area contributed by atoms with Crippen molar-refractivity contribution in [3.8, 4) is 11.4 Å². The van der Waals surface area contributed by atoms with Crippen molar-refractivity contribution in [1.29, 1.82) is 0 Å². The van der Waals surface area contributed by atoms with Crippen LogP contribution < -0.4 is 5.56 Å². The van der Waals surface area contributed by atoms with Gasteiger partial charge in [-0.3, -0.25) is 4.79 Å². The molecule has 142 valence electrons. The molecule has 0 spiro atoms. The van der Waals surface area contributed by atoms with Gasteiger partial charge in [0.15, 0.2) is 15.7 Å². The molecule has 0 atom stereocenters. The van der Waals surface area contributed by atoms with E-state index in [9.17, 15) is 17.6 Å². The summed E-state index contributed by atoms with van der Waals surface area (Å²) in [4.78, 5) is 20.5. The van der Waals surface area contributed by atoms with Crippen LogP contribution in [0.5, 0.6) is 0 Å². The van der Waals surface area contributed by atoms with E-state index in [4.69, 9.17) is 0 Å². The Hall–Kier alpha value is -2.61. The van der Waals surface area contributed by atoms with Gasteiger partial charge in [0.05, 0.1) is 10.9 Å². The molecule has 0 aliphatic heterocycles. The van der Waals surface area contributed by atoms with Gasteiger partial charge in [0.1, 0.15) is 10.7 Å². The Bertz CT molecular complexity index is 1140. The molecule has 0 N–H and O–H groups in total.